The van der Waals surface area contributed by atoms with Crippen LogP contribution in [-0.2, 0) is 18.3 Å². The summed E-state index contributed by atoms with van der Waals surface area (Å²) in [6.07, 6.45) is 1.86. The number of aromatic nitrogens is 3. The van der Waals surface area contributed by atoms with E-state index < -0.39 is 0 Å². The molecule has 0 bridgehead atoms. The summed E-state index contributed by atoms with van der Waals surface area (Å²) in [5.74, 6) is 0.877. The maximum atomic E-state index is 6.17. The van der Waals surface area contributed by atoms with Gasteiger partial charge in [-0.3, -0.25) is 9.58 Å². The van der Waals surface area contributed by atoms with Crippen molar-refractivity contribution < 1.29 is 9.47 Å². The van der Waals surface area contributed by atoms with Gasteiger partial charge in [0.25, 0.3) is 0 Å². The Balaban J connectivity index is 1.61. The van der Waals surface area contributed by atoms with E-state index in [9.17, 15) is 0 Å². The molecule has 1 aliphatic heterocycles. The van der Waals surface area contributed by atoms with Crippen molar-refractivity contribution in [3.63, 3.8) is 0 Å². The largest absolute Gasteiger partial charge is 0.491 e. The minimum Gasteiger partial charge on any atom is -0.491 e. The van der Waals surface area contributed by atoms with E-state index in [0.717, 1.165) is 31.1 Å². The molecule has 0 saturated carbocycles. The van der Waals surface area contributed by atoms with Gasteiger partial charge in [0.15, 0.2) is 0 Å². The van der Waals surface area contributed by atoms with E-state index in [1.807, 2.05) is 48.3 Å². The van der Waals surface area contributed by atoms with Crippen LogP contribution in [0.25, 0.3) is 0 Å². The SMILES string of the molecule is Cn1nncc1CN1CC(COc2ccccc2)OC(C)(C)C1. The standard InChI is InChI=1S/C17H24N4O2/c1-17(2)13-21(10-14-9-18-19-20(14)3)11-16(23-17)12-22-15-7-5-4-6-8-15/h4-9,16H,10-13H2,1-3H3. The van der Waals surface area contributed by atoms with Crippen LogP contribution in [-0.4, -0.2) is 51.3 Å². The van der Waals surface area contributed by atoms with Crippen molar-refractivity contribution in [1.29, 1.82) is 0 Å². The van der Waals surface area contributed by atoms with Gasteiger partial charge in [-0.1, -0.05) is 23.4 Å². The predicted molar refractivity (Wildman–Crippen MR) is 87.2 cm³/mol. The molecule has 124 valence electrons. The number of para-hydroxylation sites is 1. The van der Waals surface area contributed by atoms with Crippen molar-refractivity contribution in [3.8, 4) is 5.75 Å². The van der Waals surface area contributed by atoms with Gasteiger partial charge < -0.3 is 9.47 Å². The Morgan fingerprint density at radius 1 is 1.30 bits per heavy atom. The number of benzene rings is 1. The van der Waals surface area contributed by atoms with Gasteiger partial charge in [0.2, 0.25) is 0 Å². The van der Waals surface area contributed by atoms with E-state index in [-0.39, 0.29) is 11.7 Å². The highest BCUT2D eigenvalue weighted by atomic mass is 16.5. The summed E-state index contributed by atoms with van der Waals surface area (Å²) in [6, 6.07) is 9.86. The molecule has 0 N–H and O–H groups in total. The molecule has 2 aromatic rings. The summed E-state index contributed by atoms with van der Waals surface area (Å²) in [5.41, 5.74) is 0.903. The van der Waals surface area contributed by atoms with Crippen molar-refractivity contribution in [1.82, 2.24) is 19.9 Å². The van der Waals surface area contributed by atoms with Gasteiger partial charge in [-0.25, -0.2) is 0 Å². The molecule has 0 radical (unpaired) electrons. The maximum absolute atomic E-state index is 6.17. The van der Waals surface area contributed by atoms with Crippen LogP contribution in [0.2, 0.25) is 0 Å². The lowest BCUT2D eigenvalue weighted by molar-refractivity contribution is -0.148. The molecular formula is C17H24N4O2. The van der Waals surface area contributed by atoms with Crippen LogP contribution in [0.5, 0.6) is 5.75 Å². The average Bonchev–Trinajstić information content (AvgIpc) is 2.90. The topological polar surface area (TPSA) is 52.4 Å². The molecule has 3 rings (SSSR count). The van der Waals surface area contributed by atoms with Crippen molar-refractivity contribution in [2.75, 3.05) is 19.7 Å². The average molecular weight is 316 g/mol. The van der Waals surface area contributed by atoms with Crippen LogP contribution in [0.15, 0.2) is 36.5 Å². The Bertz CT molecular complexity index is 627. The number of ether oxygens (including phenoxy) is 2. The number of aryl methyl sites for hydroxylation is 1. The molecule has 1 aromatic heterocycles. The molecular weight excluding hydrogens is 292 g/mol. The van der Waals surface area contributed by atoms with Crippen LogP contribution in [0, 0.1) is 0 Å². The Morgan fingerprint density at radius 3 is 2.78 bits per heavy atom. The Labute approximate surface area is 137 Å². The smallest absolute Gasteiger partial charge is 0.119 e. The monoisotopic (exact) mass is 316 g/mol. The lowest BCUT2D eigenvalue weighted by Gasteiger charge is -2.42. The molecule has 6 nitrogen and oxygen atoms in total. The zero-order valence-corrected chi connectivity index (χ0v) is 14.0. The summed E-state index contributed by atoms with van der Waals surface area (Å²) in [5, 5.41) is 7.95. The molecule has 23 heavy (non-hydrogen) atoms. The molecule has 2 heterocycles. The molecule has 1 aliphatic rings. The number of hydrogen-bond acceptors (Lipinski definition) is 5. The van der Waals surface area contributed by atoms with Crippen molar-refractivity contribution in [3.05, 3.63) is 42.2 Å². The first-order chi connectivity index (χ1) is 11.0. The Kier molecular flexibility index (Phi) is 4.63. The fourth-order valence-corrected chi connectivity index (χ4v) is 3.01. The van der Waals surface area contributed by atoms with Gasteiger partial charge in [-0.05, 0) is 26.0 Å². The van der Waals surface area contributed by atoms with Crippen LogP contribution in [0.1, 0.15) is 19.5 Å². The summed E-state index contributed by atoms with van der Waals surface area (Å²) in [4.78, 5) is 2.38. The Hall–Kier alpha value is -1.92. The number of morpholine rings is 1. The van der Waals surface area contributed by atoms with E-state index in [2.05, 4.69) is 29.1 Å². The van der Waals surface area contributed by atoms with Crippen LogP contribution in [0.4, 0.5) is 0 Å². The quantitative estimate of drug-likeness (QED) is 0.843. The van der Waals surface area contributed by atoms with Gasteiger partial charge in [-0.2, -0.15) is 0 Å². The minimum atomic E-state index is -0.199. The van der Waals surface area contributed by atoms with Crippen molar-refractivity contribution in [2.45, 2.75) is 32.1 Å². The second-order valence-corrected chi connectivity index (χ2v) is 6.64. The van der Waals surface area contributed by atoms with E-state index in [1.54, 1.807) is 0 Å². The number of nitrogens with zero attached hydrogens (tertiary/aromatic N) is 4. The molecule has 1 unspecified atom stereocenters. The van der Waals surface area contributed by atoms with Crippen molar-refractivity contribution in [2.24, 2.45) is 7.05 Å². The van der Waals surface area contributed by atoms with Gasteiger partial charge in [0, 0.05) is 26.7 Å². The zero-order chi connectivity index (χ0) is 16.3. The number of rotatable bonds is 5. The van der Waals surface area contributed by atoms with Crippen LogP contribution in [0.3, 0.4) is 0 Å². The maximum Gasteiger partial charge on any atom is 0.119 e. The highest BCUT2D eigenvalue weighted by molar-refractivity contribution is 5.20. The normalized spacial score (nSPS) is 21.3. The first-order valence-corrected chi connectivity index (χ1v) is 7.93. The van der Waals surface area contributed by atoms with Crippen LogP contribution < -0.4 is 4.74 Å². The van der Waals surface area contributed by atoms with Crippen LogP contribution >= 0.6 is 0 Å². The summed E-state index contributed by atoms with van der Waals surface area (Å²) < 4.78 is 13.9. The molecule has 1 atom stereocenters. The van der Waals surface area contributed by atoms with Crippen molar-refractivity contribution >= 4 is 0 Å². The van der Waals surface area contributed by atoms with E-state index in [4.69, 9.17) is 9.47 Å². The second-order valence-electron chi connectivity index (χ2n) is 6.64. The second kappa shape index (κ2) is 6.68. The predicted octanol–water partition coefficient (Wildman–Crippen LogP) is 1.87. The summed E-state index contributed by atoms with van der Waals surface area (Å²) in [7, 11) is 1.92. The summed E-state index contributed by atoms with van der Waals surface area (Å²) in [6.45, 7) is 7.32. The third-order valence-electron chi connectivity index (χ3n) is 3.92. The first-order valence-electron chi connectivity index (χ1n) is 7.93. The molecule has 0 amide bonds. The lowest BCUT2D eigenvalue weighted by atomic mass is 10.1. The van der Waals surface area contributed by atoms with Gasteiger partial charge in [0.05, 0.1) is 17.5 Å². The molecule has 1 aromatic carbocycles. The summed E-state index contributed by atoms with van der Waals surface area (Å²) >= 11 is 0. The molecule has 0 aliphatic carbocycles. The van der Waals surface area contributed by atoms with Gasteiger partial charge in [-0.15, -0.1) is 5.10 Å². The van der Waals surface area contributed by atoms with Gasteiger partial charge in [0.1, 0.15) is 18.5 Å². The number of hydrogen-bond donors (Lipinski definition) is 0. The van der Waals surface area contributed by atoms with E-state index in [0.29, 0.717) is 6.61 Å². The third-order valence-corrected chi connectivity index (χ3v) is 3.92. The fraction of sp³-hybridized carbons (Fsp3) is 0.529. The lowest BCUT2D eigenvalue weighted by Crippen LogP contribution is -2.54. The zero-order valence-electron chi connectivity index (χ0n) is 14.0. The molecule has 1 saturated heterocycles. The highest BCUT2D eigenvalue weighted by Crippen LogP contribution is 2.23. The highest BCUT2D eigenvalue weighted by Gasteiger charge is 2.34. The molecule has 6 heteroatoms. The first kappa shape index (κ1) is 16.0. The van der Waals surface area contributed by atoms with E-state index in [1.165, 1.54) is 0 Å². The fourth-order valence-electron chi connectivity index (χ4n) is 3.01. The third kappa shape index (κ3) is 4.30. The van der Waals surface area contributed by atoms with Gasteiger partial charge >= 0.3 is 0 Å². The van der Waals surface area contributed by atoms with E-state index >= 15 is 0 Å². The molecule has 1 fully saturated rings. The molecule has 0 spiro atoms. The Morgan fingerprint density at radius 2 is 2.09 bits per heavy atom. The minimum absolute atomic E-state index is 0.0418.